The molecule has 0 amide bonds. The number of nitrogens with zero attached hydrogens (tertiary/aromatic N) is 3. The van der Waals surface area contributed by atoms with Crippen LogP contribution in [0.2, 0.25) is 0 Å². The standard InChI is InChI=1S/C42H30N3OP/c46-47(36-21-11-4-12-22-36)44(34-17-7-2-8-18-34)41-28-26-32(30-42(41)45(47)35-19-9-3-10-20-35)31-25-27-40-38(29-31)37-23-13-14-24-39(37)43(40)33-15-5-1-6-16-33/h1-30H. The number of fused-ring (bicyclic) bond motifs is 4. The van der Waals surface area contributed by atoms with E-state index in [9.17, 15) is 0 Å². The van der Waals surface area contributed by atoms with Crippen LogP contribution in [-0.4, -0.2) is 4.57 Å². The van der Waals surface area contributed by atoms with Gasteiger partial charge in [-0.3, -0.25) is 13.9 Å². The molecule has 0 spiro atoms. The lowest BCUT2D eigenvalue weighted by Crippen LogP contribution is -2.26. The molecule has 5 heteroatoms. The molecule has 0 bridgehead atoms. The van der Waals surface area contributed by atoms with E-state index < -0.39 is 7.44 Å². The summed E-state index contributed by atoms with van der Waals surface area (Å²) >= 11 is 0. The zero-order valence-corrected chi connectivity index (χ0v) is 26.4. The molecule has 2 heterocycles. The first-order chi connectivity index (χ1) is 23.2. The molecule has 1 aliphatic heterocycles. The Morgan fingerprint density at radius 3 is 1.53 bits per heavy atom. The third kappa shape index (κ3) is 4.26. The van der Waals surface area contributed by atoms with E-state index in [0.29, 0.717) is 0 Å². The van der Waals surface area contributed by atoms with Crippen molar-refractivity contribution in [3.05, 3.63) is 182 Å². The van der Waals surface area contributed by atoms with Crippen LogP contribution < -0.4 is 14.6 Å². The van der Waals surface area contributed by atoms with Gasteiger partial charge in [0, 0.05) is 27.8 Å². The number of hydrogen-bond acceptors (Lipinski definition) is 1. The minimum Gasteiger partial charge on any atom is -0.309 e. The second kappa shape index (κ2) is 10.9. The molecule has 0 N–H and O–H groups in total. The second-order valence-corrected chi connectivity index (χ2v) is 14.2. The van der Waals surface area contributed by atoms with Gasteiger partial charge in [-0.1, -0.05) is 103 Å². The van der Waals surface area contributed by atoms with Gasteiger partial charge in [-0.2, -0.15) is 0 Å². The minimum atomic E-state index is -3.42. The Balaban J connectivity index is 1.27. The second-order valence-electron chi connectivity index (χ2n) is 11.8. The fraction of sp³-hybridized carbons (Fsp3) is 0. The van der Waals surface area contributed by atoms with Crippen molar-refractivity contribution in [3.63, 3.8) is 0 Å². The van der Waals surface area contributed by atoms with E-state index >= 15 is 4.57 Å². The van der Waals surface area contributed by atoms with Crippen molar-refractivity contribution in [1.82, 2.24) is 4.57 Å². The maximum Gasteiger partial charge on any atom is 0.301 e. The maximum absolute atomic E-state index is 15.9. The number of anilines is 4. The van der Waals surface area contributed by atoms with Gasteiger partial charge in [0.25, 0.3) is 0 Å². The quantitative estimate of drug-likeness (QED) is 0.179. The van der Waals surface area contributed by atoms with Gasteiger partial charge in [0.15, 0.2) is 0 Å². The molecule has 8 aromatic rings. The highest BCUT2D eigenvalue weighted by Gasteiger charge is 2.49. The number of aromatic nitrogens is 1. The molecule has 0 saturated heterocycles. The van der Waals surface area contributed by atoms with Crippen LogP contribution in [0.1, 0.15) is 0 Å². The largest absolute Gasteiger partial charge is 0.309 e. The molecule has 0 radical (unpaired) electrons. The summed E-state index contributed by atoms with van der Waals surface area (Å²) in [6, 6.07) is 62.4. The molecule has 47 heavy (non-hydrogen) atoms. The predicted octanol–water partition coefficient (Wildman–Crippen LogP) is 11.3. The molecular formula is C42H30N3OP. The Hall–Kier alpha value is -5.83. The van der Waals surface area contributed by atoms with Crippen LogP contribution in [0.25, 0.3) is 38.6 Å². The van der Waals surface area contributed by atoms with Crippen molar-refractivity contribution in [1.29, 1.82) is 0 Å². The van der Waals surface area contributed by atoms with Crippen LogP contribution >= 0.6 is 7.44 Å². The smallest absolute Gasteiger partial charge is 0.301 e. The third-order valence-electron chi connectivity index (χ3n) is 9.09. The summed E-state index contributed by atoms with van der Waals surface area (Å²) in [5.41, 5.74) is 9.26. The summed E-state index contributed by atoms with van der Waals surface area (Å²) in [5.74, 6) is 0. The van der Waals surface area contributed by atoms with Crippen molar-refractivity contribution >= 4 is 57.3 Å². The van der Waals surface area contributed by atoms with Gasteiger partial charge in [0.05, 0.1) is 27.7 Å². The van der Waals surface area contributed by atoms with E-state index in [2.05, 4.69) is 100 Å². The van der Waals surface area contributed by atoms with Crippen molar-refractivity contribution < 1.29 is 4.57 Å². The van der Waals surface area contributed by atoms with Gasteiger partial charge in [0.1, 0.15) is 0 Å². The Morgan fingerprint density at radius 2 is 0.872 bits per heavy atom. The first-order valence-corrected chi connectivity index (χ1v) is 17.4. The van der Waals surface area contributed by atoms with Crippen molar-refractivity contribution in [2.75, 3.05) is 9.34 Å². The third-order valence-corrected chi connectivity index (χ3v) is 12.0. The molecule has 0 aliphatic carbocycles. The lowest BCUT2D eigenvalue weighted by Gasteiger charge is -2.33. The van der Waals surface area contributed by atoms with Crippen molar-refractivity contribution in [2.45, 2.75) is 0 Å². The predicted molar refractivity (Wildman–Crippen MR) is 197 cm³/mol. The Bertz CT molecular complexity index is 2440. The highest BCUT2D eigenvalue weighted by Crippen LogP contribution is 2.70. The number of para-hydroxylation sites is 4. The first kappa shape index (κ1) is 27.5. The van der Waals surface area contributed by atoms with E-state index in [1.807, 2.05) is 95.7 Å². The minimum absolute atomic E-state index is 0.778. The Labute approximate surface area is 273 Å². The van der Waals surface area contributed by atoms with Gasteiger partial charge in [-0.25, -0.2) is 0 Å². The topological polar surface area (TPSA) is 28.5 Å². The highest BCUT2D eigenvalue weighted by atomic mass is 31.2. The Morgan fingerprint density at radius 1 is 0.383 bits per heavy atom. The number of hydrogen-bond donors (Lipinski definition) is 0. The first-order valence-electron chi connectivity index (χ1n) is 15.8. The van der Waals surface area contributed by atoms with Crippen LogP contribution in [0.15, 0.2) is 182 Å². The molecule has 9 rings (SSSR count). The van der Waals surface area contributed by atoms with Gasteiger partial charge in [-0.05, 0) is 90.0 Å². The fourth-order valence-electron chi connectivity index (χ4n) is 7.02. The van der Waals surface area contributed by atoms with Crippen molar-refractivity contribution in [3.8, 4) is 16.8 Å². The van der Waals surface area contributed by atoms with E-state index in [-0.39, 0.29) is 0 Å². The SMILES string of the molecule is O=P1(c2ccccc2)N(c2ccccc2)c2ccc(-c3ccc4c(c3)c3ccccc3n4-c3ccccc3)cc2N1c1ccccc1. The molecule has 1 atom stereocenters. The van der Waals surface area contributed by atoms with Gasteiger partial charge < -0.3 is 4.57 Å². The molecule has 1 unspecified atom stereocenters. The maximum atomic E-state index is 15.9. The van der Waals surface area contributed by atoms with Crippen LogP contribution in [-0.2, 0) is 4.57 Å². The summed E-state index contributed by atoms with van der Waals surface area (Å²) in [5, 5.41) is 3.19. The molecule has 4 nitrogen and oxygen atoms in total. The molecule has 7 aromatic carbocycles. The highest BCUT2D eigenvalue weighted by molar-refractivity contribution is 7.76. The molecule has 0 saturated carbocycles. The average Bonchev–Trinajstić information content (AvgIpc) is 3.62. The average molecular weight is 624 g/mol. The van der Waals surface area contributed by atoms with E-state index in [1.165, 1.54) is 16.3 Å². The summed E-state index contributed by atoms with van der Waals surface area (Å²) in [4.78, 5) is 0. The van der Waals surface area contributed by atoms with Crippen LogP contribution in [0.4, 0.5) is 22.7 Å². The van der Waals surface area contributed by atoms with Gasteiger partial charge in [0.2, 0.25) is 0 Å². The van der Waals surface area contributed by atoms with E-state index in [0.717, 1.165) is 50.4 Å². The molecule has 224 valence electrons. The molecule has 0 fully saturated rings. The van der Waals surface area contributed by atoms with E-state index in [4.69, 9.17) is 0 Å². The van der Waals surface area contributed by atoms with E-state index in [1.54, 1.807) is 0 Å². The summed E-state index contributed by atoms with van der Waals surface area (Å²) in [7, 11) is -3.42. The fourth-order valence-corrected chi connectivity index (χ4v) is 10.0. The number of rotatable bonds is 5. The zero-order chi connectivity index (χ0) is 31.4. The lowest BCUT2D eigenvalue weighted by molar-refractivity contribution is 0.582. The zero-order valence-electron chi connectivity index (χ0n) is 25.5. The van der Waals surface area contributed by atoms with Gasteiger partial charge in [-0.15, -0.1) is 0 Å². The van der Waals surface area contributed by atoms with Crippen LogP contribution in [0.5, 0.6) is 0 Å². The van der Waals surface area contributed by atoms with Crippen LogP contribution in [0, 0.1) is 0 Å². The summed E-state index contributed by atoms with van der Waals surface area (Å²) < 4.78 is 22.3. The normalized spacial score (nSPS) is 15.7. The molecular weight excluding hydrogens is 593 g/mol. The molecule has 1 aliphatic rings. The number of benzene rings is 7. The monoisotopic (exact) mass is 623 g/mol. The van der Waals surface area contributed by atoms with Crippen molar-refractivity contribution in [2.24, 2.45) is 0 Å². The lowest BCUT2D eigenvalue weighted by atomic mass is 10.0. The summed E-state index contributed by atoms with van der Waals surface area (Å²) in [6.45, 7) is 0. The Kier molecular flexibility index (Phi) is 6.38. The van der Waals surface area contributed by atoms with Crippen LogP contribution in [0.3, 0.4) is 0 Å². The van der Waals surface area contributed by atoms with Gasteiger partial charge >= 0.3 is 7.44 Å². The molecule has 1 aromatic heterocycles. The summed E-state index contributed by atoms with van der Waals surface area (Å²) in [6.07, 6.45) is 0.